The number of nitrogens with two attached hydrogens (primary N) is 1. The lowest BCUT2D eigenvalue weighted by Gasteiger charge is -2.03. The molecular formula is C22H18Cl4N6. The first-order valence-electron chi connectivity index (χ1n) is 9.46. The second-order valence-corrected chi connectivity index (χ2v) is 8.34. The predicted molar refractivity (Wildman–Crippen MR) is 129 cm³/mol. The summed E-state index contributed by atoms with van der Waals surface area (Å²) in [6.45, 7) is 0.611. The lowest BCUT2D eigenvalue weighted by Crippen LogP contribution is -2.01. The normalized spacial score (nSPS) is 10.4. The van der Waals surface area contributed by atoms with Crippen molar-refractivity contribution < 1.29 is 0 Å². The van der Waals surface area contributed by atoms with Gasteiger partial charge in [0, 0.05) is 28.0 Å². The van der Waals surface area contributed by atoms with Crippen molar-refractivity contribution in [2.45, 2.75) is 12.8 Å². The molecule has 2 aromatic carbocycles. The second kappa shape index (κ2) is 11.4. The molecule has 0 aliphatic rings. The minimum absolute atomic E-state index is 0.339. The Kier molecular flexibility index (Phi) is 8.57. The van der Waals surface area contributed by atoms with Gasteiger partial charge in [-0.15, -0.1) is 0 Å². The predicted octanol–water partition coefficient (Wildman–Crippen LogP) is 5.93. The van der Waals surface area contributed by atoms with Crippen molar-refractivity contribution in [2.75, 3.05) is 6.54 Å². The van der Waals surface area contributed by atoms with Crippen LogP contribution in [0, 0.1) is 11.3 Å². The Bertz CT molecular complexity index is 1240. The summed E-state index contributed by atoms with van der Waals surface area (Å²) in [5, 5.41) is 19.2. The third kappa shape index (κ3) is 6.26. The lowest BCUT2D eigenvalue weighted by atomic mass is 10.2. The number of hydrogen-bond donors (Lipinski definition) is 1. The van der Waals surface area contributed by atoms with Gasteiger partial charge in [-0.1, -0.05) is 46.4 Å². The monoisotopic (exact) mass is 506 g/mol. The van der Waals surface area contributed by atoms with Gasteiger partial charge in [-0.2, -0.15) is 15.5 Å². The Hall–Kier alpha value is -2.53. The summed E-state index contributed by atoms with van der Waals surface area (Å²) >= 11 is 23.8. The van der Waals surface area contributed by atoms with E-state index >= 15 is 0 Å². The molecule has 2 N–H and O–H groups in total. The highest BCUT2D eigenvalue weighted by Crippen LogP contribution is 2.25. The van der Waals surface area contributed by atoms with E-state index in [9.17, 15) is 0 Å². The van der Waals surface area contributed by atoms with E-state index in [1.54, 1.807) is 58.3 Å². The molecule has 0 saturated heterocycles. The van der Waals surface area contributed by atoms with Gasteiger partial charge >= 0.3 is 0 Å². The molecule has 4 rings (SSSR count). The topological polar surface area (TPSA) is 85.4 Å². The first-order chi connectivity index (χ1) is 15.4. The van der Waals surface area contributed by atoms with Crippen molar-refractivity contribution in [2.24, 2.45) is 5.73 Å². The molecule has 2 aromatic heterocycles. The van der Waals surface area contributed by atoms with Gasteiger partial charge in [-0.25, -0.2) is 9.36 Å². The number of benzene rings is 2. The average Bonchev–Trinajstić information content (AvgIpc) is 3.39. The maximum Gasteiger partial charge on any atom is 0.0832 e. The highest BCUT2D eigenvalue weighted by molar-refractivity contribution is 6.36. The van der Waals surface area contributed by atoms with Gasteiger partial charge in [0.05, 0.1) is 46.3 Å². The van der Waals surface area contributed by atoms with E-state index in [0.717, 1.165) is 28.9 Å². The quantitative estimate of drug-likeness (QED) is 0.363. The van der Waals surface area contributed by atoms with Crippen LogP contribution in [0.4, 0.5) is 0 Å². The van der Waals surface area contributed by atoms with Crippen LogP contribution in [-0.4, -0.2) is 26.1 Å². The zero-order valence-corrected chi connectivity index (χ0v) is 19.7. The van der Waals surface area contributed by atoms with Gasteiger partial charge in [-0.3, -0.25) is 0 Å². The van der Waals surface area contributed by atoms with Gasteiger partial charge in [0.25, 0.3) is 0 Å². The summed E-state index contributed by atoms with van der Waals surface area (Å²) in [5.74, 6) is 0. The number of rotatable bonds is 5. The first-order valence-corrected chi connectivity index (χ1v) is 11.0. The second-order valence-electron chi connectivity index (χ2n) is 6.65. The Morgan fingerprint density at radius 2 is 1.31 bits per heavy atom. The molecular weight excluding hydrogens is 490 g/mol. The first kappa shape index (κ1) is 24.1. The molecule has 0 bridgehead atoms. The highest BCUT2D eigenvalue weighted by Gasteiger charge is 2.06. The van der Waals surface area contributed by atoms with Crippen molar-refractivity contribution in [3.8, 4) is 17.4 Å². The highest BCUT2D eigenvalue weighted by atomic mass is 35.5. The van der Waals surface area contributed by atoms with E-state index in [-0.39, 0.29) is 0 Å². The van der Waals surface area contributed by atoms with Crippen LogP contribution in [0.25, 0.3) is 11.4 Å². The molecule has 164 valence electrons. The van der Waals surface area contributed by atoms with E-state index in [1.807, 2.05) is 12.3 Å². The van der Waals surface area contributed by atoms with E-state index in [4.69, 9.17) is 57.4 Å². The third-order valence-corrected chi connectivity index (χ3v) is 5.38. The maximum absolute atomic E-state index is 8.56. The molecule has 32 heavy (non-hydrogen) atoms. The average molecular weight is 508 g/mol. The Morgan fingerprint density at radius 3 is 1.78 bits per heavy atom. The van der Waals surface area contributed by atoms with E-state index in [2.05, 4.69) is 16.3 Å². The fraction of sp³-hybridized carbons (Fsp3) is 0.136. The van der Waals surface area contributed by atoms with Crippen molar-refractivity contribution in [3.63, 3.8) is 0 Å². The molecule has 0 aliphatic heterocycles. The van der Waals surface area contributed by atoms with Crippen LogP contribution < -0.4 is 5.73 Å². The van der Waals surface area contributed by atoms with Crippen molar-refractivity contribution >= 4 is 46.4 Å². The minimum Gasteiger partial charge on any atom is -0.330 e. The number of nitriles is 1. The third-order valence-electron chi connectivity index (χ3n) is 4.30. The SMILES string of the molecule is N#CCc1cnn(-c2ccc(Cl)cc2Cl)c1.NCCc1cnn(-c2ccc(Cl)cc2Cl)c1. The molecule has 0 spiro atoms. The molecule has 0 fully saturated rings. The summed E-state index contributed by atoms with van der Waals surface area (Å²) in [4.78, 5) is 0. The van der Waals surface area contributed by atoms with Crippen LogP contribution in [-0.2, 0) is 12.8 Å². The standard InChI is InChI=1S/C11H11Cl2N3.C11H7Cl2N3/c2*12-9-1-2-11(10(13)5-9)16-7-8(3-4-14)6-15-16/h1-2,5-7H,3-4,14H2;1-2,5-7H,3H2. The molecule has 0 saturated carbocycles. The summed E-state index contributed by atoms with van der Waals surface area (Å²) in [5.41, 5.74) is 8.98. The molecule has 0 amide bonds. The van der Waals surface area contributed by atoms with E-state index in [0.29, 0.717) is 33.1 Å². The summed E-state index contributed by atoms with van der Waals surface area (Å²) in [6, 6.07) is 12.6. The maximum atomic E-state index is 8.56. The Morgan fingerprint density at radius 1 is 0.812 bits per heavy atom. The number of nitrogens with zero attached hydrogens (tertiary/aromatic N) is 5. The largest absolute Gasteiger partial charge is 0.330 e. The van der Waals surface area contributed by atoms with Gasteiger partial charge in [-0.05, 0) is 54.9 Å². The minimum atomic E-state index is 0.339. The molecule has 10 heteroatoms. The van der Waals surface area contributed by atoms with Gasteiger partial charge in [0.2, 0.25) is 0 Å². The Labute approximate surface area is 205 Å². The molecule has 0 atom stereocenters. The van der Waals surface area contributed by atoms with Crippen LogP contribution in [0.2, 0.25) is 20.1 Å². The fourth-order valence-electron chi connectivity index (χ4n) is 2.80. The number of aromatic nitrogens is 4. The summed E-state index contributed by atoms with van der Waals surface area (Å²) < 4.78 is 3.36. The van der Waals surface area contributed by atoms with Crippen molar-refractivity contribution in [3.05, 3.63) is 92.4 Å². The fourth-order valence-corrected chi connectivity index (χ4v) is 3.79. The van der Waals surface area contributed by atoms with Crippen LogP contribution in [0.15, 0.2) is 61.2 Å². The molecule has 6 nitrogen and oxygen atoms in total. The smallest absolute Gasteiger partial charge is 0.0832 e. The van der Waals surface area contributed by atoms with Crippen LogP contribution in [0.1, 0.15) is 11.1 Å². The van der Waals surface area contributed by atoms with Crippen LogP contribution in [0.5, 0.6) is 0 Å². The number of halogens is 4. The zero-order chi connectivity index (χ0) is 23.1. The number of hydrogen-bond acceptors (Lipinski definition) is 4. The van der Waals surface area contributed by atoms with E-state index in [1.165, 1.54) is 0 Å². The Balaban J connectivity index is 0.000000181. The van der Waals surface area contributed by atoms with E-state index < -0.39 is 0 Å². The van der Waals surface area contributed by atoms with Gasteiger partial charge in [0.1, 0.15) is 0 Å². The van der Waals surface area contributed by atoms with Crippen molar-refractivity contribution in [1.82, 2.24) is 19.6 Å². The molecule has 0 aliphatic carbocycles. The molecule has 0 unspecified atom stereocenters. The zero-order valence-electron chi connectivity index (χ0n) is 16.7. The van der Waals surface area contributed by atoms with Crippen LogP contribution in [0.3, 0.4) is 0 Å². The molecule has 4 aromatic rings. The van der Waals surface area contributed by atoms with Gasteiger partial charge in [0.15, 0.2) is 0 Å². The molecule has 2 heterocycles. The van der Waals surface area contributed by atoms with Crippen molar-refractivity contribution in [1.29, 1.82) is 5.26 Å². The summed E-state index contributed by atoms with van der Waals surface area (Å²) in [7, 11) is 0. The molecule has 0 radical (unpaired) electrons. The van der Waals surface area contributed by atoms with Crippen LogP contribution >= 0.6 is 46.4 Å². The van der Waals surface area contributed by atoms with Gasteiger partial charge < -0.3 is 5.73 Å². The summed E-state index contributed by atoms with van der Waals surface area (Å²) in [6.07, 6.45) is 8.28. The lowest BCUT2D eigenvalue weighted by molar-refractivity contribution is 0.879.